The molecule has 2 heterocycles. The van der Waals surface area contributed by atoms with Crippen molar-refractivity contribution in [1.29, 1.82) is 0 Å². The monoisotopic (exact) mass is 249 g/mol. The van der Waals surface area contributed by atoms with E-state index in [0.29, 0.717) is 24.0 Å². The minimum absolute atomic E-state index is 0.174. The number of hydrogen-bond acceptors (Lipinski definition) is 4. The predicted molar refractivity (Wildman–Crippen MR) is 56.3 cm³/mol. The van der Waals surface area contributed by atoms with Gasteiger partial charge in [0.1, 0.15) is 12.2 Å². The van der Waals surface area contributed by atoms with Gasteiger partial charge in [-0.05, 0) is 12.3 Å². The Balaban J connectivity index is 2.04. The fraction of sp³-hybridized carbons (Fsp3) is 0.750. The Kier molecular flexibility index (Phi) is 2.97. The van der Waals surface area contributed by atoms with Crippen LogP contribution in [0.4, 0.5) is 0 Å². The Bertz CT molecular complexity index is 442. The Hall–Kier alpha value is -0.620. The minimum Gasteiger partial charge on any atom is -0.316 e. The van der Waals surface area contributed by atoms with Gasteiger partial charge >= 0.3 is 0 Å². The summed E-state index contributed by atoms with van der Waals surface area (Å²) in [7, 11) is -2.81. The van der Waals surface area contributed by atoms with E-state index in [0.717, 1.165) is 6.42 Å². The van der Waals surface area contributed by atoms with Crippen LogP contribution in [0.2, 0.25) is 0 Å². The quantitative estimate of drug-likeness (QED) is 0.730. The number of aromatic nitrogens is 3. The number of hydrogen-bond donors (Lipinski definition) is 0. The van der Waals surface area contributed by atoms with Crippen LogP contribution < -0.4 is 0 Å². The zero-order chi connectivity index (χ0) is 10.9. The van der Waals surface area contributed by atoms with Crippen LogP contribution in [0.1, 0.15) is 12.2 Å². The molecule has 1 atom stereocenters. The topological polar surface area (TPSA) is 64.8 Å². The molecule has 1 aliphatic rings. The predicted octanol–water partition coefficient (Wildman–Crippen LogP) is 0.452. The third kappa shape index (κ3) is 2.49. The SMILES string of the molecule is O=S1(=O)CCC(Cn2cnnc2CCl)C1. The lowest BCUT2D eigenvalue weighted by Gasteiger charge is -2.09. The Morgan fingerprint density at radius 3 is 3.00 bits per heavy atom. The van der Waals surface area contributed by atoms with E-state index in [9.17, 15) is 8.42 Å². The molecule has 7 heteroatoms. The number of halogens is 1. The fourth-order valence-electron chi connectivity index (χ4n) is 1.83. The second kappa shape index (κ2) is 4.09. The highest BCUT2D eigenvalue weighted by molar-refractivity contribution is 7.91. The average molecular weight is 250 g/mol. The zero-order valence-electron chi connectivity index (χ0n) is 8.13. The van der Waals surface area contributed by atoms with Crippen molar-refractivity contribution in [3.8, 4) is 0 Å². The van der Waals surface area contributed by atoms with E-state index >= 15 is 0 Å². The van der Waals surface area contributed by atoms with Gasteiger partial charge in [-0.15, -0.1) is 21.8 Å². The van der Waals surface area contributed by atoms with E-state index in [-0.39, 0.29) is 11.7 Å². The molecule has 0 aliphatic carbocycles. The first-order valence-electron chi connectivity index (χ1n) is 4.74. The molecular weight excluding hydrogens is 238 g/mol. The standard InChI is InChI=1S/C8H12ClN3O2S/c9-3-8-11-10-6-12(8)4-7-1-2-15(13,14)5-7/h6-7H,1-5H2. The van der Waals surface area contributed by atoms with E-state index in [1.807, 2.05) is 4.57 Å². The van der Waals surface area contributed by atoms with Gasteiger partial charge in [0.15, 0.2) is 9.84 Å². The molecule has 1 fully saturated rings. The van der Waals surface area contributed by atoms with Gasteiger partial charge in [0.05, 0.1) is 17.4 Å². The van der Waals surface area contributed by atoms with Crippen LogP contribution in [0.3, 0.4) is 0 Å². The van der Waals surface area contributed by atoms with Crippen LogP contribution in [0.5, 0.6) is 0 Å². The zero-order valence-corrected chi connectivity index (χ0v) is 9.71. The molecule has 1 unspecified atom stereocenters. The van der Waals surface area contributed by atoms with Gasteiger partial charge in [-0.3, -0.25) is 0 Å². The van der Waals surface area contributed by atoms with Crippen molar-refractivity contribution in [2.45, 2.75) is 18.8 Å². The summed E-state index contributed by atoms with van der Waals surface area (Å²) < 4.78 is 24.3. The largest absolute Gasteiger partial charge is 0.316 e. The van der Waals surface area contributed by atoms with Crippen molar-refractivity contribution in [1.82, 2.24) is 14.8 Å². The molecule has 2 rings (SSSR count). The maximum absolute atomic E-state index is 11.3. The molecule has 15 heavy (non-hydrogen) atoms. The van der Waals surface area contributed by atoms with Crippen LogP contribution in [-0.2, 0) is 22.3 Å². The first kappa shape index (κ1) is 10.9. The maximum Gasteiger partial charge on any atom is 0.150 e. The highest BCUT2D eigenvalue weighted by Crippen LogP contribution is 2.20. The van der Waals surface area contributed by atoms with Crippen molar-refractivity contribution < 1.29 is 8.42 Å². The molecule has 5 nitrogen and oxygen atoms in total. The lowest BCUT2D eigenvalue weighted by molar-refractivity contribution is 0.481. The summed E-state index contributed by atoms with van der Waals surface area (Å²) in [5, 5.41) is 7.60. The Morgan fingerprint density at radius 1 is 1.60 bits per heavy atom. The number of nitrogens with zero attached hydrogens (tertiary/aromatic N) is 3. The summed E-state index contributed by atoms with van der Waals surface area (Å²) in [6.07, 6.45) is 2.32. The molecule has 1 aliphatic heterocycles. The van der Waals surface area contributed by atoms with E-state index in [1.165, 1.54) is 0 Å². The van der Waals surface area contributed by atoms with Crippen LogP contribution in [0, 0.1) is 5.92 Å². The fourth-order valence-corrected chi connectivity index (χ4v) is 3.89. The van der Waals surface area contributed by atoms with Gasteiger partial charge in [-0.25, -0.2) is 8.42 Å². The van der Waals surface area contributed by atoms with Crippen LogP contribution in [-0.4, -0.2) is 34.7 Å². The molecule has 1 saturated heterocycles. The second-order valence-corrected chi connectivity index (χ2v) is 6.30. The Labute approximate surface area is 93.4 Å². The summed E-state index contributed by atoms with van der Waals surface area (Å²) in [4.78, 5) is 0. The second-order valence-electron chi connectivity index (χ2n) is 3.80. The molecule has 0 bridgehead atoms. The van der Waals surface area contributed by atoms with Crippen LogP contribution in [0.15, 0.2) is 6.33 Å². The highest BCUT2D eigenvalue weighted by Gasteiger charge is 2.28. The average Bonchev–Trinajstić information content (AvgIpc) is 2.73. The van der Waals surface area contributed by atoms with Gasteiger partial charge in [0, 0.05) is 6.54 Å². The summed E-state index contributed by atoms with van der Waals surface area (Å²) in [5.74, 6) is 1.75. The van der Waals surface area contributed by atoms with Gasteiger partial charge < -0.3 is 4.57 Å². The molecule has 84 valence electrons. The normalized spacial score (nSPS) is 24.5. The Morgan fingerprint density at radius 2 is 2.40 bits per heavy atom. The van der Waals surface area contributed by atoms with Gasteiger partial charge in [0.25, 0.3) is 0 Å². The van der Waals surface area contributed by atoms with Crippen LogP contribution >= 0.6 is 11.6 Å². The third-order valence-electron chi connectivity index (χ3n) is 2.60. The van der Waals surface area contributed by atoms with E-state index in [2.05, 4.69) is 10.2 Å². The summed E-state index contributed by atoms with van der Waals surface area (Å²) in [6.45, 7) is 0.647. The smallest absolute Gasteiger partial charge is 0.150 e. The molecule has 0 radical (unpaired) electrons. The maximum atomic E-state index is 11.3. The van der Waals surface area contributed by atoms with Crippen molar-refractivity contribution in [2.75, 3.05) is 11.5 Å². The molecule has 1 aromatic heterocycles. The van der Waals surface area contributed by atoms with Gasteiger partial charge in [-0.2, -0.15) is 0 Å². The molecule has 1 aromatic rings. The third-order valence-corrected chi connectivity index (χ3v) is 4.67. The number of sulfone groups is 1. The summed E-state index contributed by atoms with van der Waals surface area (Å²) in [6, 6.07) is 0. The van der Waals surface area contributed by atoms with E-state index in [4.69, 9.17) is 11.6 Å². The molecule has 0 saturated carbocycles. The minimum atomic E-state index is -2.81. The lowest BCUT2D eigenvalue weighted by Crippen LogP contribution is -2.13. The molecule has 0 N–H and O–H groups in total. The van der Waals surface area contributed by atoms with E-state index in [1.54, 1.807) is 6.33 Å². The van der Waals surface area contributed by atoms with Crippen molar-refractivity contribution in [2.24, 2.45) is 5.92 Å². The highest BCUT2D eigenvalue weighted by atomic mass is 35.5. The van der Waals surface area contributed by atoms with Crippen molar-refractivity contribution in [3.05, 3.63) is 12.2 Å². The van der Waals surface area contributed by atoms with Gasteiger partial charge in [0.2, 0.25) is 0 Å². The van der Waals surface area contributed by atoms with Crippen molar-refractivity contribution >= 4 is 21.4 Å². The summed E-state index contributed by atoms with van der Waals surface area (Å²) >= 11 is 5.67. The number of alkyl halides is 1. The molecule has 0 spiro atoms. The number of rotatable bonds is 3. The van der Waals surface area contributed by atoms with Crippen LogP contribution in [0.25, 0.3) is 0 Å². The van der Waals surface area contributed by atoms with E-state index < -0.39 is 9.84 Å². The first-order valence-corrected chi connectivity index (χ1v) is 7.09. The van der Waals surface area contributed by atoms with Crippen molar-refractivity contribution in [3.63, 3.8) is 0 Å². The van der Waals surface area contributed by atoms with Gasteiger partial charge in [-0.1, -0.05) is 0 Å². The summed E-state index contributed by atoms with van der Waals surface area (Å²) in [5.41, 5.74) is 0. The molecule has 0 amide bonds. The lowest BCUT2D eigenvalue weighted by atomic mass is 10.1. The molecule has 0 aromatic carbocycles. The molecular formula is C8H12ClN3O2S. The first-order chi connectivity index (χ1) is 7.11.